The SMILES string of the molecule is Cc1ccc2nc(-c3ccc(NC(=O)CCn4cc(Br)c([N+](=O)[O-])n4)cc3)sc2c1. The van der Waals surface area contributed by atoms with E-state index in [1.165, 1.54) is 16.4 Å². The van der Waals surface area contributed by atoms with Gasteiger partial charge in [-0.15, -0.1) is 11.3 Å². The maximum Gasteiger partial charge on any atom is 0.404 e. The molecule has 0 radical (unpaired) electrons. The van der Waals surface area contributed by atoms with Crippen molar-refractivity contribution in [1.82, 2.24) is 14.8 Å². The van der Waals surface area contributed by atoms with Gasteiger partial charge in [-0.3, -0.25) is 4.79 Å². The Labute approximate surface area is 183 Å². The number of nitro groups is 1. The van der Waals surface area contributed by atoms with Gasteiger partial charge in [0.05, 0.1) is 28.1 Å². The fourth-order valence-electron chi connectivity index (χ4n) is 2.92. The average Bonchev–Trinajstić information content (AvgIpc) is 3.30. The third kappa shape index (κ3) is 4.39. The molecule has 4 rings (SSSR count). The van der Waals surface area contributed by atoms with Crippen LogP contribution in [0.5, 0.6) is 0 Å². The molecule has 0 bridgehead atoms. The van der Waals surface area contributed by atoms with E-state index in [-0.39, 0.29) is 29.2 Å². The molecule has 0 aliphatic rings. The number of carbonyl (C=O) groups is 1. The second-order valence-corrected chi connectivity index (χ2v) is 8.57. The number of anilines is 1. The van der Waals surface area contributed by atoms with Crippen molar-refractivity contribution in [1.29, 1.82) is 0 Å². The zero-order valence-electron chi connectivity index (χ0n) is 15.8. The normalized spacial score (nSPS) is 11.0. The Kier molecular flexibility index (Phi) is 5.60. The summed E-state index contributed by atoms with van der Waals surface area (Å²) in [4.78, 5) is 27.1. The number of thiazole rings is 1. The van der Waals surface area contributed by atoms with Crippen LogP contribution in [0.1, 0.15) is 12.0 Å². The van der Waals surface area contributed by atoms with Crippen LogP contribution >= 0.6 is 27.3 Å². The molecule has 0 spiro atoms. The second-order valence-electron chi connectivity index (χ2n) is 6.69. The lowest BCUT2D eigenvalue weighted by Gasteiger charge is -2.05. The minimum absolute atomic E-state index is 0.143. The predicted molar refractivity (Wildman–Crippen MR) is 120 cm³/mol. The van der Waals surface area contributed by atoms with E-state index in [0.29, 0.717) is 5.69 Å². The number of hydrogen-bond acceptors (Lipinski definition) is 6. The number of fused-ring (bicyclic) bond motifs is 1. The van der Waals surface area contributed by atoms with Crippen molar-refractivity contribution in [2.24, 2.45) is 0 Å². The lowest BCUT2D eigenvalue weighted by atomic mass is 10.2. The van der Waals surface area contributed by atoms with Crippen molar-refractivity contribution in [3.05, 3.63) is 68.8 Å². The number of aromatic nitrogens is 3. The van der Waals surface area contributed by atoms with E-state index in [2.05, 4.69) is 44.3 Å². The van der Waals surface area contributed by atoms with Gasteiger partial charge in [-0.1, -0.05) is 6.07 Å². The van der Waals surface area contributed by atoms with E-state index in [1.807, 2.05) is 36.4 Å². The number of carbonyl (C=O) groups excluding carboxylic acids is 1. The minimum Gasteiger partial charge on any atom is -0.358 e. The third-order valence-corrected chi connectivity index (χ3v) is 6.03. The van der Waals surface area contributed by atoms with Crippen molar-refractivity contribution in [3.8, 4) is 10.6 Å². The summed E-state index contributed by atoms with van der Waals surface area (Å²) < 4.78 is 2.81. The van der Waals surface area contributed by atoms with E-state index in [4.69, 9.17) is 0 Å². The molecule has 2 heterocycles. The van der Waals surface area contributed by atoms with Crippen LogP contribution in [0.15, 0.2) is 53.1 Å². The van der Waals surface area contributed by atoms with Gasteiger partial charge in [0.1, 0.15) is 9.48 Å². The number of nitrogens with zero attached hydrogens (tertiary/aromatic N) is 4. The quantitative estimate of drug-likeness (QED) is 0.299. The summed E-state index contributed by atoms with van der Waals surface area (Å²) in [5, 5.41) is 18.4. The highest BCUT2D eigenvalue weighted by Gasteiger charge is 2.18. The number of amides is 1. The Bertz CT molecular complexity index is 1250. The van der Waals surface area contributed by atoms with Crippen LogP contribution in [0, 0.1) is 17.0 Å². The van der Waals surface area contributed by atoms with Gasteiger partial charge >= 0.3 is 5.82 Å². The molecule has 1 amide bonds. The average molecular weight is 486 g/mol. The summed E-state index contributed by atoms with van der Waals surface area (Å²) in [6.45, 7) is 2.30. The molecule has 2 aromatic heterocycles. The van der Waals surface area contributed by atoms with Crippen LogP contribution < -0.4 is 5.32 Å². The van der Waals surface area contributed by atoms with E-state index < -0.39 is 4.92 Å². The molecule has 2 aromatic carbocycles. The highest BCUT2D eigenvalue weighted by atomic mass is 79.9. The molecule has 0 saturated heterocycles. The summed E-state index contributed by atoms with van der Waals surface area (Å²) in [5.41, 5.74) is 3.84. The van der Waals surface area contributed by atoms with E-state index in [1.54, 1.807) is 11.3 Å². The molecule has 0 fully saturated rings. The van der Waals surface area contributed by atoms with Crippen molar-refractivity contribution in [2.75, 3.05) is 5.32 Å². The molecule has 0 aliphatic carbocycles. The van der Waals surface area contributed by atoms with Crippen LogP contribution in [-0.4, -0.2) is 25.6 Å². The number of aryl methyl sites for hydroxylation is 2. The van der Waals surface area contributed by atoms with Crippen molar-refractivity contribution in [2.45, 2.75) is 19.9 Å². The Morgan fingerprint density at radius 1 is 1.27 bits per heavy atom. The van der Waals surface area contributed by atoms with Crippen LogP contribution in [0.4, 0.5) is 11.5 Å². The molecule has 0 aliphatic heterocycles. The predicted octanol–water partition coefficient (Wildman–Crippen LogP) is 5.17. The molecule has 30 heavy (non-hydrogen) atoms. The number of rotatable bonds is 6. The molecule has 0 saturated carbocycles. The lowest BCUT2D eigenvalue weighted by molar-refractivity contribution is -0.390. The molecular weight excluding hydrogens is 470 g/mol. The third-order valence-electron chi connectivity index (χ3n) is 4.40. The molecule has 152 valence electrons. The van der Waals surface area contributed by atoms with Gasteiger partial charge < -0.3 is 15.4 Å². The number of benzene rings is 2. The van der Waals surface area contributed by atoms with Crippen LogP contribution in [-0.2, 0) is 11.3 Å². The van der Waals surface area contributed by atoms with E-state index >= 15 is 0 Å². The standard InChI is InChI=1S/C20H16BrN5O3S/c1-12-2-7-16-17(10-12)30-20(23-16)13-3-5-14(6-4-13)22-18(27)8-9-25-11-15(21)19(24-25)26(28)29/h2-7,10-11H,8-9H2,1H3,(H,22,27). The van der Waals surface area contributed by atoms with Gasteiger partial charge in [0.15, 0.2) is 0 Å². The van der Waals surface area contributed by atoms with E-state index in [0.717, 1.165) is 20.8 Å². The molecule has 0 atom stereocenters. The molecule has 8 nitrogen and oxygen atoms in total. The highest BCUT2D eigenvalue weighted by molar-refractivity contribution is 9.10. The molecular formula is C20H16BrN5O3S. The number of hydrogen-bond donors (Lipinski definition) is 1. The number of nitrogens with one attached hydrogen (secondary N) is 1. The molecule has 10 heteroatoms. The van der Waals surface area contributed by atoms with Gasteiger partial charge in [0.2, 0.25) is 5.91 Å². The second kappa shape index (κ2) is 8.33. The summed E-state index contributed by atoms with van der Waals surface area (Å²) in [6, 6.07) is 13.7. The molecule has 1 N–H and O–H groups in total. The maximum absolute atomic E-state index is 12.2. The Morgan fingerprint density at radius 3 is 2.73 bits per heavy atom. The summed E-state index contributed by atoms with van der Waals surface area (Å²) in [6.07, 6.45) is 1.63. The largest absolute Gasteiger partial charge is 0.404 e. The fraction of sp³-hybridized carbons (Fsp3) is 0.150. The zero-order chi connectivity index (χ0) is 21.3. The summed E-state index contributed by atoms with van der Waals surface area (Å²) in [7, 11) is 0. The molecule has 4 aromatic rings. The first-order chi connectivity index (χ1) is 14.4. The Balaban J connectivity index is 1.38. The lowest BCUT2D eigenvalue weighted by Crippen LogP contribution is -2.14. The first kappa shape index (κ1) is 20.2. The van der Waals surface area contributed by atoms with Gasteiger partial charge in [-0.05, 0) is 69.7 Å². The fourth-order valence-corrected chi connectivity index (χ4v) is 4.45. The van der Waals surface area contributed by atoms with Gasteiger partial charge in [-0.25, -0.2) is 4.98 Å². The smallest absolute Gasteiger partial charge is 0.358 e. The molecule has 0 unspecified atom stereocenters. The summed E-state index contributed by atoms with van der Waals surface area (Å²) >= 11 is 4.72. The van der Waals surface area contributed by atoms with Gasteiger partial charge in [0, 0.05) is 17.7 Å². The topological polar surface area (TPSA) is 103 Å². The van der Waals surface area contributed by atoms with Crippen LogP contribution in [0.2, 0.25) is 0 Å². The highest BCUT2D eigenvalue weighted by Crippen LogP contribution is 2.31. The van der Waals surface area contributed by atoms with Gasteiger partial charge in [-0.2, -0.15) is 4.68 Å². The minimum atomic E-state index is -0.575. The Morgan fingerprint density at radius 2 is 2.03 bits per heavy atom. The van der Waals surface area contributed by atoms with Gasteiger partial charge in [0.25, 0.3) is 0 Å². The zero-order valence-corrected chi connectivity index (χ0v) is 18.2. The van der Waals surface area contributed by atoms with Crippen molar-refractivity contribution >= 4 is 54.9 Å². The van der Waals surface area contributed by atoms with Crippen LogP contribution in [0.3, 0.4) is 0 Å². The first-order valence-electron chi connectivity index (χ1n) is 9.04. The maximum atomic E-state index is 12.2. The summed E-state index contributed by atoms with van der Waals surface area (Å²) in [5.74, 6) is -0.469. The van der Waals surface area contributed by atoms with Crippen molar-refractivity contribution in [3.63, 3.8) is 0 Å². The monoisotopic (exact) mass is 485 g/mol. The van der Waals surface area contributed by atoms with Crippen molar-refractivity contribution < 1.29 is 9.72 Å². The van der Waals surface area contributed by atoms with Crippen LogP contribution in [0.25, 0.3) is 20.8 Å². The first-order valence-corrected chi connectivity index (χ1v) is 10.6. The number of halogens is 1. The van der Waals surface area contributed by atoms with E-state index in [9.17, 15) is 14.9 Å². The Hall–Kier alpha value is -3.11.